The van der Waals surface area contributed by atoms with E-state index >= 15 is 0 Å². The molecule has 0 aromatic carbocycles. The van der Waals surface area contributed by atoms with Gasteiger partial charge in [0.2, 0.25) is 0 Å². The fraction of sp³-hybridized carbons (Fsp3) is 0.250. The van der Waals surface area contributed by atoms with Crippen molar-refractivity contribution in [3.8, 4) is 0 Å². The number of nitrogens with two attached hydrogens (primary N) is 1. The van der Waals surface area contributed by atoms with E-state index in [-0.39, 0.29) is 0 Å². The number of hydrogen-bond acceptors (Lipinski definition) is 4. The van der Waals surface area contributed by atoms with E-state index in [0.717, 1.165) is 30.0 Å². The highest BCUT2D eigenvalue weighted by Crippen LogP contribution is 2.23. The van der Waals surface area contributed by atoms with Gasteiger partial charge in [-0.25, -0.2) is 4.98 Å². The number of hydrogen-bond donors (Lipinski definition) is 2. The first-order valence-corrected chi connectivity index (χ1v) is 6.97. The molecular weight excluding hydrogens is 298 g/mol. The summed E-state index contributed by atoms with van der Waals surface area (Å²) >= 11 is 5.21. The molecule has 0 amide bonds. The molecule has 2 heterocycles. The van der Waals surface area contributed by atoms with Gasteiger partial charge in [-0.05, 0) is 53.0 Å². The molecule has 0 aliphatic heterocycles. The summed E-state index contributed by atoms with van der Waals surface area (Å²) < 4.78 is 1.17. The first kappa shape index (κ1) is 12.4. The van der Waals surface area contributed by atoms with Crippen molar-refractivity contribution in [3.63, 3.8) is 0 Å². The zero-order valence-corrected chi connectivity index (χ0v) is 11.9. The second kappa shape index (κ2) is 5.51. The Kier molecular flexibility index (Phi) is 4.02. The molecule has 0 aliphatic carbocycles. The van der Waals surface area contributed by atoms with Gasteiger partial charge in [-0.3, -0.25) is 0 Å². The molecule has 0 radical (unpaired) electrons. The molecule has 2 aromatic rings. The van der Waals surface area contributed by atoms with Crippen LogP contribution in [-0.4, -0.2) is 11.5 Å². The molecule has 90 valence electrons. The molecule has 3 nitrogen and oxygen atoms in total. The molecule has 0 fully saturated rings. The van der Waals surface area contributed by atoms with Gasteiger partial charge in [-0.1, -0.05) is 0 Å². The number of aromatic nitrogens is 1. The Morgan fingerprint density at radius 3 is 2.94 bits per heavy atom. The summed E-state index contributed by atoms with van der Waals surface area (Å²) in [5.74, 6) is 0.778. The van der Waals surface area contributed by atoms with Crippen LogP contribution in [0.25, 0.3) is 0 Å². The number of halogens is 1. The predicted molar refractivity (Wildman–Crippen MR) is 77.6 cm³/mol. The second-order valence-electron chi connectivity index (χ2n) is 3.77. The highest BCUT2D eigenvalue weighted by molar-refractivity contribution is 9.11. The lowest BCUT2D eigenvalue weighted by atomic mass is 10.2. The SMILES string of the molecule is Cc1ccnc(NCCc2ccc(Br)s2)c1N. The van der Waals surface area contributed by atoms with Crippen molar-refractivity contribution in [3.05, 3.63) is 38.6 Å². The third-order valence-corrected chi connectivity index (χ3v) is 4.18. The van der Waals surface area contributed by atoms with Crippen LogP contribution in [-0.2, 0) is 6.42 Å². The third kappa shape index (κ3) is 3.20. The van der Waals surface area contributed by atoms with E-state index in [1.807, 2.05) is 13.0 Å². The van der Waals surface area contributed by atoms with E-state index in [0.29, 0.717) is 0 Å². The van der Waals surface area contributed by atoms with Crippen molar-refractivity contribution in [2.24, 2.45) is 0 Å². The molecule has 0 saturated carbocycles. The first-order valence-electron chi connectivity index (χ1n) is 5.36. The van der Waals surface area contributed by atoms with Crippen LogP contribution in [0, 0.1) is 6.92 Å². The minimum Gasteiger partial charge on any atom is -0.396 e. The lowest BCUT2D eigenvalue weighted by Crippen LogP contribution is -2.08. The van der Waals surface area contributed by atoms with Crippen LogP contribution < -0.4 is 11.1 Å². The summed E-state index contributed by atoms with van der Waals surface area (Å²) in [7, 11) is 0. The Morgan fingerprint density at radius 2 is 2.24 bits per heavy atom. The van der Waals surface area contributed by atoms with Crippen LogP contribution in [0.3, 0.4) is 0 Å². The zero-order chi connectivity index (χ0) is 12.3. The summed E-state index contributed by atoms with van der Waals surface area (Å²) in [6, 6.07) is 6.11. The van der Waals surface area contributed by atoms with Crippen LogP contribution in [0.1, 0.15) is 10.4 Å². The van der Waals surface area contributed by atoms with E-state index in [2.05, 4.69) is 38.4 Å². The predicted octanol–water partition coefficient (Wildman–Crippen LogP) is 3.45. The van der Waals surface area contributed by atoms with Gasteiger partial charge in [-0.15, -0.1) is 11.3 Å². The average Bonchev–Trinajstić information content (AvgIpc) is 2.70. The Bertz CT molecular complexity index is 510. The molecule has 17 heavy (non-hydrogen) atoms. The smallest absolute Gasteiger partial charge is 0.149 e. The summed E-state index contributed by atoms with van der Waals surface area (Å²) in [5, 5.41) is 3.27. The zero-order valence-electron chi connectivity index (χ0n) is 9.53. The van der Waals surface area contributed by atoms with Crippen molar-refractivity contribution in [1.82, 2.24) is 4.98 Å². The van der Waals surface area contributed by atoms with Crippen molar-refractivity contribution < 1.29 is 0 Å². The molecule has 5 heteroatoms. The highest BCUT2D eigenvalue weighted by atomic mass is 79.9. The Balaban J connectivity index is 1.92. The normalized spacial score (nSPS) is 10.5. The van der Waals surface area contributed by atoms with Crippen LogP contribution in [0.15, 0.2) is 28.2 Å². The van der Waals surface area contributed by atoms with Gasteiger partial charge in [0.1, 0.15) is 5.82 Å². The van der Waals surface area contributed by atoms with E-state index in [4.69, 9.17) is 5.73 Å². The molecule has 0 saturated heterocycles. The van der Waals surface area contributed by atoms with Gasteiger partial charge >= 0.3 is 0 Å². The molecule has 0 spiro atoms. The molecule has 0 unspecified atom stereocenters. The van der Waals surface area contributed by atoms with Crippen molar-refractivity contribution in [2.75, 3.05) is 17.6 Å². The minimum absolute atomic E-state index is 0.736. The third-order valence-electron chi connectivity index (χ3n) is 2.50. The van der Waals surface area contributed by atoms with Gasteiger partial charge in [0.15, 0.2) is 0 Å². The van der Waals surface area contributed by atoms with Crippen LogP contribution >= 0.6 is 27.3 Å². The Hall–Kier alpha value is -1.07. The second-order valence-corrected chi connectivity index (χ2v) is 6.32. The number of rotatable bonds is 4. The molecule has 2 aromatic heterocycles. The number of thiophene rings is 1. The van der Waals surface area contributed by atoms with Crippen LogP contribution in [0.4, 0.5) is 11.5 Å². The van der Waals surface area contributed by atoms with E-state index in [1.54, 1.807) is 17.5 Å². The van der Waals surface area contributed by atoms with Crippen molar-refractivity contribution in [1.29, 1.82) is 0 Å². The Labute approximate surface area is 113 Å². The molecule has 2 rings (SSSR count). The summed E-state index contributed by atoms with van der Waals surface area (Å²) in [6.45, 7) is 2.83. The number of nitrogens with zero attached hydrogens (tertiary/aromatic N) is 1. The van der Waals surface area contributed by atoms with Crippen molar-refractivity contribution >= 4 is 38.8 Å². The van der Waals surface area contributed by atoms with Gasteiger partial charge in [0.05, 0.1) is 9.47 Å². The molecule has 3 N–H and O–H groups in total. The fourth-order valence-corrected chi connectivity index (χ4v) is 2.98. The quantitative estimate of drug-likeness (QED) is 0.909. The maximum absolute atomic E-state index is 5.94. The van der Waals surface area contributed by atoms with E-state index in [1.165, 1.54) is 8.66 Å². The summed E-state index contributed by atoms with van der Waals surface area (Å²) in [5.41, 5.74) is 7.73. The van der Waals surface area contributed by atoms with Gasteiger partial charge in [-0.2, -0.15) is 0 Å². The number of nitrogens with one attached hydrogen (secondary N) is 1. The standard InChI is InChI=1S/C12H14BrN3S/c1-8-4-6-15-12(11(8)14)16-7-5-9-2-3-10(13)17-9/h2-4,6H,5,7,14H2,1H3,(H,15,16). The Morgan fingerprint density at radius 1 is 1.41 bits per heavy atom. The summed E-state index contributed by atoms with van der Waals surface area (Å²) in [6.07, 6.45) is 2.75. The largest absolute Gasteiger partial charge is 0.396 e. The van der Waals surface area contributed by atoms with Gasteiger partial charge < -0.3 is 11.1 Å². The molecule has 0 atom stereocenters. The lowest BCUT2D eigenvalue weighted by molar-refractivity contribution is 1.03. The number of anilines is 2. The monoisotopic (exact) mass is 311 g/mol. The van der Waals surface area contributed by atoms with Crippen LogP contribution in [0.2, 0.25) is 0 Å². The highest BCUT2D eigenvalue weighted by Gasteiger charge is 2.03. The minimum atomic E-state index is 0.736. The maximum Gasteiger partial charge on any atom is 0.149 e. The summed E-state index contributed by atoms with van der Waals surface area (Å²) in [4.78, 5) is 5.58. The first-order chi connectivity index (χ1) is 8.16. The van der Waals surface area contributed by atoms with Crippen molar-refractivity contribution in [2.45, 2.75) is 13.3 Å². The maximum atomic E-state index is 5.94. The number of nitrogen functional groups attached to an aromatic ring is 1. The van der Waals surface area contributed by atoms with Gasteiger partial charge in [0, 0.05) is 17.6 Å². The molecule has 0 bridgehead atoms. The van der Waals surface area contributed by atoms with Gasteiger partial charge in [0.25, 0.3) is 0 Å². The molecular formula is C12H14BrN3S. The average molecular weight is 312 g/mol. The number of pyridine rings is 1. The van der Waals surface area contributed by atoms with Crippen LogP contribution in [0.5, 0.6) is 0 Å². The van der Waals surface area contributed by atoms with E-state index < -0.39 is 0 Å². The topological polar surface area (TPSA) is 50.9 Å². The fourth-order valence-electron chi connectivity index (χ4n) is 1.50. The lowest BCUT2D eigenvalue weighted by Gasteiger charge is -2.09. The number of aryl methyl sites for hydroxylation is 1. The van der Waals surface area contributed by atoms with E-state index in [9.17, 15) is 0 Å². The molecule has 0 aliphatic rings.